The first-order chi connectivity index (χ1) is 10.4. The van der Waals surface area contributed by atoms with Crippen LogP contribution in [0.2, 0.25) is 0 Å². The lowest BCUT2D eigenvalue weighted by Crippen LogP contribution is -2.45. The Labute approximate surface area is 135 Å². The highest BCUT2D eigenvalue weighted by Crippen LogP contribution is 2.24. The first-order valence-electron chi connectivity index (χ1n) is 7.93. The monoisotopic (exact) mass is 322 g/mol. The lowest BCUT2D eigenvalue weighted by atomic mass is 10.0. The van der Waals surface area contributed by atoms with E-state index < -0.39 is 16.3 Å². The summed E-state index contributed by atoms with van der Waals surface area (Å²) in [6, 6.07) is 7.57. The highest BCUT2D eigenvalue weighted by molar-refractivity contribution is 7.84. The predicted octanol–water partition coefficient (Wildman–Crippen LogP) is 2.94. The first-order valence-corrected chi connectivity index (χ1v) is 9.31. The van der Waals surface area contributed by atoms with Crippen LogP contribution in [0.25, 0.3) is 0 Å². The van der Waals surface area contributed by atoms with Crippen LogP contribution in [0.3, 0.4) is 0 Å². The first kappa shape index (κ1) is 17.2. The van der Waals surface area contributed by atoms with Gasteiger partial charge in [0.25, 0.3) is 0 Å². The van der Waals surface area contributed by atoms with E-state index in [1.54, 1.807) is 13.8 Å². The Balaban J connectivity index is 1.99. The third-order valence-electron chi connectivity index (χ3n) is 4.00. The molecular formula is C17H26N2O2S. The quantitative estimate of drug-likeness (QED) is 0.875. The Morgan fingerprint density at radius 1 is 1.32 bits per heavy atom. The summed E-state index contributed by atoms with van der Waals surface area (Å²) in [5, 5.41) is 3.14. The van der Waals surface area contributed by atoms with Gasteiger partial charge in [-0.15, -0.1) is 0 Å². The van der Waals surface area contributed by atoms with Gasteiger partial charge in [-0.25, -0.2) is 0 Å². The molecule has 0 radical (unpaired) electrons. The smallest absolute Gasteiger partial charge is 0.243 e. The molecule has 0 heterocycles. The number of rotatable bonds is 5. The predicted molar refractivity (Wildman–Crippen MR) is 92.1 cm³/mol. The molecule has 1 aromatic rings. The molecule has 1 atom stereocenters. The van der Waals surface area contributed by atoms with E-state index in [1.807, 2.05) is 24.3 Å². The summed E-state index contributed by atoms with van der Waals surface area (Å²) in [6.45, 7) is 3.34. The molecule has 1 amide bonds. The van der Waals surface area contributed by atoms with Crippen LogP contribution >= 0.6 is 0 Å². The largest absolute Gasteiger partial charge is 0.325 e. The minimum Gasteiger partial charge on any atom is -0.325 e. The summed E-state index contributed by atoms with van der Waals surface area (Å²) in [5.41, 5.74) is 6.57. The van der Waals surface area contributed by atoms with Crippen molar-refractivity contribution >= 4 is 22.4 Å². The van der Waals surface area contributed by atoms with E-state index in [2.05, 4.69) is 5.32 Å². The molecule has 1 unspecified atom stereocenters. The van der Waals surface area contributed by atoms with Gasteiger partial charge in [-0.2, -0.15) is 0 Å². The molecule has 1 aromatic carbocycles. The van der Waals surface area contributed by atoms with Crippen molar-refractivity contribution in [2.75, 3.05) is 5.32 Å². The molecule has 4 nitrogen and oxygen atoms in total. The van der Waals surface area contributed by atoms with Gasteiger partial charge in [0.1, 0.15) is 0 Å². The van der Waals surface area contributed by atoms with Crippen molar-refractivity contribution in [2.45, 2.75) is 62.5 Å². The Kier molecular flexibility index (Phi) is 5.75. The minimum absolute atomic E-state index is 0.224. The van der Waals surface area contributed by atoms with Crippen molar-refractivity contribution in [3.63, 3.8) is 0 Å². The average Bonchev–Trinajstić information content (AvgIpc) is 2.47. The number of hydrogen-bond donors (Lipinski definition) is 2. The molecule has 1 aliphatic rings. The second-order valence-corrected chi connectivity index (χ2v) is 8.38. The second kappa shape index (κ2) is 7.38. The van der Waals surface area contributed by atoms with Gasteiger partial charge in [0.2, 0.25) is 5.91 Å². The summed E-state index contributed by atoms with van der Waals surface area (Å²) < 4.78 is 12.5. The molecule has 0 bridgehead atoms. The second-order valence-electron chi connectivity index (χ2n) is 6.66. The van der Waals surface area contributed by atoms with Gasteiger partial charge in [-0.1, -0.05) is 31.4 Å². The zero-order valence-electron chi connectivity index (χ0n) is 13.4. The van der Waals surface area contributed by atoms with Crippen molar-refractivity contribution in [3.05, 3.63) is 29.8 Å². The van der Waals surface area contributed by atoms with E-state index >= 15 is 0 Å². The topological polar surface area (TPSA) is 72.2 Å². The van der Waals surface area contributed by atoms with Crippen LogP contribution in [0.15, 0.2) is 24.3 Å². The summed E-state index contributed by atoms with van der Waals surface area (Å²) in [7, 11) is -0.833. The molecule has 0 spiro atoms. The molecule has 1 aliphatic carbocycles. The van der Waals surface area contributed by atoms with E-state index in [0.717, 1.165) is 18.4 Å². The number of anilines is 1. The molecule has 3 N–H and O–H groups in total. The number of nitrogens with two attached hydrogens (primary N) is 1. The number of carbonyl (C=O) groups is 1. The molecule has 122 valence electrons. The van der Waals surface area contributed by atoms with Crippen LogP contribution in [0.4, 0.5) is 5.69 Å². The number of hydrogen-bond acceptors (Lipinski definition) is 3. The van der Waals surface area contributed by atoms with Gasteiger partial charge < -0.3 is 11.1 Å². The van der Waals surface area contributed by atoms with Crippen LogP contribution in [0.5, 0.6) is 0 Å². The fourth-order valence-corrected chi connectivity index (χ4v) is 4.24. The number of carbonyl (C=O) groups excluding carboxylic acids is 1. The van der Waals surface area contributed by atoms with E-state index in [4.69, 9.17) is 5.73 Å². The molecule has 1 saturated carbocycles. The highest BCUT2D eigenvalue weighted by atomic mass is 32.2. The molecule has 0 aliphatic heterocycles. The van der Waals surface area contributed by atoms with E-state index in [9.17, 15) is 9.00 Å². The van der Waals surface area contributed by atoms with Crippen molar-refractivity contribution in [3.8, 4) is 0 Å². The summed E-state index contributed by atoms with van der Waals surface area (Å²) >= 11 is 0. The van der Waals surface area contributed by atoms with Gasteiger partial charge in [0.05, 0.1) is 5.54 Å². The maximum atomic E-state index is 12.5. The van der Waals surface area contributed by atoms with Crippen molar-refractivity contribution in [1.29, 1.82) is 0 Å². The zero-order chi connectivity index (χ0) is 16.2. The van der Waals surface area contributed by atoms with Crippen LogP contribution in [0, 0.1) is 0 Å². The van der Waals surface area contributed by atoms with Crippen LogP contribution in [0.1, 0.15) is 51.5 Å². The summed E-state index contributed by atoms with van der Waals surface area (Å²) in [4.78, 5) is 11.9. The lowest BCUT2D eigenvalue weighted by molar-refractivity contribution is -0.120. The van der Waals surface area contributed by atoms with Crippen LogP contribution in [-0.2, 0) is 21.3 Å². The maximum absolute atomic E-state index is 12.5. The molecule has 1 fully saturated rings. The lowest BCUT2D eigenvalue weighted by Gasteiger charge is -2.21. The van der Waals surface area contributed by atoms with E-state index in [-0.39, 0.29) is 5.91 Å². The van der Waals surface area contributed by atoms with Crippen LogP contribution in [-0.4, -0.2) is 20.9 Å². The third-order valence-corrected chi connectivity index (χ3v) is 5.84. The van der Waals surface area contributed by atoms with E-state index in [0.29, 0.717) is 16.7 Å². The average molecular weight is 322 g/mol. The fourth-order valence-electron chi connectivity index (χ4n) is 2.64. The molecular weight excluding hydrogens is 296 g/mol. The van der Waals surface area contributed by atoms with Gasteiger partial charge in [0.15, 0.2) is 0 Å². The number of amides is 1. The molecule has 5 heteroatoms. The van der Waals surface area contributed by atoms with Gasteiger partial charge in [0, 0.05) is 27.5 Å². The summed E-state index contributed by atoms with van der Waals surface area (Å²) in [5.74, 6) is 0.332. The Morgan fingerprint density at radius 2 is 2.00 bits per heavy atom. The van der Waals surface area contributed by atoms with Crippen molar-refractivity contribution in [2.24, 2.45) is 5.73 Å². The van der Waals surface area contributed by atoms with Gasteiger partial charge >= 0.3 is 0 Å². The zero-order valence-corrected chi connectivity index (χ0v) is 14.2. The Morgan fingerprint density at radius 3 is 2.64 bits per heavy atom. The molecule has 0 saturated heterocycles. The third kappa shape index (κ3) is 4.92. The number of benzene rings is 1. The Bertz CT molecular complexity index is 546. The normalized spacial score (nSPS) is 18.0. The van der Waals surface area contributed by atoms with Crippen molar-refractivity contribution in [1.82, 2.24) is 0 Å². The van der Waals surface area contributed by atoms with Crippen molar-refractivity contribution < 1.29 is 9.00 Å². The highest BCUT2D eigenvalue weighted by Gasteiger charge is 2.22. The van der Waals surface area contributed by atoms with E-state index in [1.165, 1.54) is 19.3 Å². The standard InChI is InChI=1S/C17H26N2O2S/c1-17(2,18)16(20)19-14-8-6-7-13(11-14)12-22(21)15-9-4-3-5-10-15/h6-8,11,15H,3-5,9-10,12,18H2,1-2H3,(H,19,20). The molecule has 22 heavy (non-hydrogen) atoms. The minimum atomic E-state index is -0.916. The number of nitrogens with one attached hydrogen (secondary N) is 1. The fraction of sp³-hybridized carbons (Fsp3) is 0.588. The maximum Gasteiger partial charge on any atom is 0.243 e. The Hall–Kier alpha value is -1.20. The molecule has 0 aromatic heterocycles. The van der Waals surface area contributed by atoms with Crippen LogP contribution < -0.4 is 11.1 Å². The van der Waals surface area contributed by atoms with Gasteiger partial charge in [-0.3, -0.25) is 9.00 Å². The molecule has 2 rings (SSSR count). The SMILES string of the molecule is CC(C)(N)C(=O)Nc1cccc(CS(=O)C2CCCCC2)c1. The summed E-state index contributed by atoms with van der Waals surface area (Å²) in [6.07, 6.45) is 5.80. The van der Waals surface area contributed by atoms with Gasteiger partial charge in [-0.05, 0) is 44.4 Å².